The van der Waals surface area contributed by atoms with Crippen LogP contribution < -0.4 is 10.6 Å². The molecule has 1 aromatic heterocycles. The number of carbonyl (C=O) groups is 1. The van der Waals surface area contributed by atoms with Gasteiger partial charge >= 0.3 is 0 Å². The first-order chi connectivity index (χ1) is 9.74. The summed E-state index contributed by atoms with van der Waals surface area (Å²) in [4.78, 5) is 15.9. The molecule has 2 aromatic rings. The third kappa shape index (κ3) is 3.25. The first-order valence-corrected chi connectivity index (χ1v) is 6.18. The lowest BCUT2D eigenvalue weighted by atomic mass is 10.1. The molecule has 0 fully saturated rings. The summed E-state index contributed by atoms with van der Waals surface area (Å²) in [5.74, 6) is 2.61. The van der Waals surface area contributed by atoms with E-state index in [1.54, 1.807) is 0 Å². The number of aromatic nitrogens is 1. The summed E-state index contributed by atoms with van der Waals surface area (Å²) < 4.78 is 0. The Balaban J connectivity index is 2.16. The van der Waals surface area contributed by atoms with Crippen molar-refractivity contribution in [3.8, 4) is 12.3 Å². The Bertz CT molecular complexity index is 662. The SMILES string of the molecule is C#CCNC(=O)CNc1nc2ccccc2cc1CO. The number of terminal acetylenes is 1. The molecule has 20 heavy (non-hydrogen) atoms. The van der Waals surface area contributed by atoms with Gasteiger partial charge in [0, 0.05) is 10.9 Å². The summed E-state index contributed by atoms with van der Waals surface area (Å²) in [6.07, 6.45) is 5.06. The van der Waals surface area contributed by atoms with Crippen LogP contribution in [0.5, 0.6) is 0 Å². The number of amides is 1. The molecule has 0 aliphatic heterocycles. The summed E-state index contributed by atoms with van der Waals surface area (Å²) in [6.45, 7) is 0.102. The zero-order valence-electron chi connectivity index (χ0n) is 10.9. The Labute approximate surface area is 117 Å². The van der Waals surface area contributed by atoms with E-state index in [9.17, 15) is 9.90 Å². The minimum Gasteiger partial charge on any atom is -0.392 e. The van der Waals surface area contributed by atoms with Crippen LogP contribution in [0.3, 0.4) is 0 Å². The fourth-order valence-electron chi connectivity index (χ4n) is 1.81. The van der Waals surface area contributed by atoms with Gasteiger partial charge in [0.1, 0.15) is 5.82 Å². The number of nitrogens with one attached hydrogen (secondary N) is 2. The zero-order chi connectivity index (χ0) is 14.4. The van der Waals surface area contributed by atoms with Crippen molar-refractivity contribution in [2.45, 2.75) is 6.61 Å². The van der Waals surface area contributed by atoms with Crippen LogP contribution in [-0.4, -0.2) is 29.1 Å². The van der Waals surface area contributed by atoms with E-state index in [0.29, 0.717) is 11.4 Å². The molecule has 0 unspecified atom stereocenters. The number of aliphatic hydroxyl groups excluding tert-OH is 1. The van der Waals surface area contributed by atoms with E-state index in [1.807, 2.05) is 30.3 Å². The van der Waals surface area contributed by atoms with Gasteiger partial charge in [-0.1, -0.05) is 24.1 Å². The number of hydrogen-bond donors (Lipinski definition) is 3. The van der Waals surface area contributed by atoms with E-state index >= 15 is 0 Å². The fraction of sp³-hybridized carbons (Fsp3) is 0.200. The first-order valence-electron chi connectivity index (χ1n) is 6.18. The molecule has 3 N–H and O–H groups in total. The average Bonchev–Trinajstić information content (AvgIpc) is 2.49. The maximum atomic E-state index is 11.5. The lowest BCUT2D eigenvalue weighted by Crippen LogP contribution is -2.30. The van der Waals surface area contributed by atoms with Crippen molar-refractivity contribution in [3.63, 3.8) is 0 Å². The van der Waals surface area contributed by atoms with E-state index in [1.165, 1.54) is 0 Å². The number of anilines is 1. The molecule has 1 heterocycles. The summed E-state index contributed by atoms with van der Waals surface area (Å²) >= 11 is 0. The number of aliphatic hydroxyl groups is 1. The van der Waals surface area contributed by atoms with Crippen molar-refractivity contribution < 1.29 is 9.90 Å². The quantitative estimate of drug-likeness (QED) is 0.705. The molecule has 5 nitrogen and oxygen atoms in total. The highest BCUT2D eigenvalue weighted by Gasteiger charge is 2.07. The normalized spacial score (nSPS) is 10.0. The van der Waals surface area contributed by atoms with Crippen LogP contribution in [0, 0.1) is 12.3 Å². The Morgan fingerprint density at radius 1 is 1.40 bits per heavy atom. The third-order valence-corrected chi connectivity index (χ3v) is 2.78. The summed E-state index contributed by atoms with van der Waals surface area (Å²) in [5, 5.41) is 15.8. The second-order valence-electron chi connectivity index (χ2n) is 4.18. The van der Waals surface area contributed by atoms with Gasteiger partial charge in [0.15, 0.2) is 0 Å². The zero-order valence-corrected chi connectivity index (χ0v) is 10.9. The van der Waals surface area contributed by atoms with E-state index in [2.05, 4.69) is 21.5 Å². The van der Waals surface area contributed by atoms with Crippen molar-refractivity contribution in [3.05, 3.63) is 35.9 Å². The van der Waals surface area contributed by atoms with Crippen molar-refractivity contribution in [2.75, 3.05) is 18.4 Å². The molecule has 5 heteroatoms. The van der Waals surface area contributed by atoms with Crippen LogP contribution in [0.4, 0.5) is 5.82 Å². The third-order valence-electron chi connectivity index (χ3n) is 2.78. The summed E-state index contributed by atoms with van der Waals surface area (Å²) in [7, 11) is 0. The van der Waals surface area contributed by atoms with Crippen LogP contribution in [0.2, 0.25) is 0 Å². The van der Waals surface area contributed by atoms with Gasteiger partial charge in [0.25, 0.3) is 0 Å². The van der Waals surface area contributed by atoms with Crippen molar-refractivity contribution >= 4 is 22.6 Å². The average molecular weight is 269 g/mol. The standard InChI is InChI=1S/C15H15N3O2/c1-2-7-16-14(20)9-17-15-12(10-19)8-11-5-3-4-6-13(11)18-15/h1,3-6,8,19H,7,9-10H2,(H,16,20)(H,17,18). The maximum absolute atomic E-state index is 11.5. The predicted molar refractivity (Wildman–Crippen MR) is 78.0 cm³/mol. The number of hydrogen-bond acceptors (Lipinski definition) is 4. The topological polar surface area (TPSA) is 74.2 Å². The highest BCUT2D eigenvalue weighted by Crippen LogP contribution is 2.20. The number of benzene rings is 1. The molecule has 0 aliphatic rings. The van der Waals surface area contributed by atoms with Crippen LogP contribution in [0.1, 0.15) is 5.56 Å². The molecule has 0 atom stereocenters. The molecule has 2 rings (SSSR count). The van der Waals surface area contributed by atoms with E-state index < -0.39 is 0 Å². The van der Waals surface area contributed by atoms with Gasteiger partial charge in [0.2, 0.25) is 5.91 Å². The van der Waals surface area contributed by atoms with Gasteiger partial charge < -0.3 is 15.7 Å². The number of para-hydroxylation sites is 1. The molecule has 102 valence electrons. The van der Waals surface area contributed by atoms with E-state index in [4.69, 9.17) is 6.42 Å². The molecule has 0 radical (unpaired) electrons. The second-order valence-corrected chi connectivity index (χ2v) is 4.18. The molecule has 0 saturated heterocycles. The molecular formula is C15H15N3O2. The van der Waals surface area contributed by atoms with Crippen LogP contribution in [-0.2, 0) is 11.4 Å². The maximum Gasteiger partial charge on any atom is 0.240 e. The fourth-order valence-corrected chi connectivity index (χ4v) is 1.81. The second kappa shape index (κ2) is 6.55. The monoisotopic (exact) mass is 269 g/mol. The van der Waals surface area contributed by atoms with Crippen molar-refractivity contribution in [1.29, 1.82) is 0 Å². The predicted octanol–water partition coefficient (Wildman–Crippen LogP) is 0.888. The van der Waals surface area contributed by atoms with Crippen LogP contribution in [0.25, 0.3) is 10.9 Å². The van der Waals surface area contributed by atoms with Gasteiger partial charge in [-0.05, 0) is 12.1 Å². The van der Waals surface area contributed by atoms with Gasteiger partial charge in [-0.15, -0.1) is 6.42 Å². The number of nitrogens with zero attached hydrogens (tertiary/aromatic N) is 1. The minimum absolute atomic E-state index is 0.0556. The number of pyridine rings is 1. The van der Waals surface area contributed by atoms with Gasteiger partial charge in [-0.25, -0.2) is 4.98 Å². The van der Waals surface area contributed by atoms with Crippen LogP contribution >= 0.6 is 0 Å². The van der Waals surface area contributed by atoms with Crippen LogP contribution in [0.15, 0.2) is 30.3 Å². The number of carbonyl (C=O) groups excluding carboxylic acids is 1. The first kappa shape index (κ1) is 13.8. The summed E-state index contributed by atoms with van der Waals surface area (Å²) in [6, 6.07) is 9.44. The molecular weight excluding hydrogens is 254 g/mol. The smallest absolute Gasteiger partial charge is 0.240 e. The van der Waals surface area contributed by atoms with E-state index in [-0.39, 0.29) is 25.6 Å². The lowest BCUT2D eigenvalue weighted by Gasteiger charge is -2.11. The Kier molecular flexibility index (Phi) is 4.53. The Morgan fingerprint density at radius 3 is 2.95 bits per heavy atom. The Hall–Kier alpha value is -2.58. The number of fused-ring (bicyclic) bond motifs is 1. The molecule has 1 amide bonds. The molecule has 0 bridgehead atoms. The molecule has 0 saturated carbocycles. The molecule has 0 spiro atoms. The van der Waals surface area contributed by atoms with Crippen molar-refractivity contribution in [2.24, 2.45) is 0 Å². The van der Waals surface area contributed by atoms with Crippen molar-refractivity contribution in [1.82, 2.24) is 10.3 Å². The highest BCUT2D eigenvalue weighted by molar-refractivity contribution is 5.84. The van der Waals surface area contributed by atoms with Gasteiger partial charge in [0.05, 0.1) is 25.2 Å². The molecule has 0 aliphatic carbocycles. The van der Waals surface area contributed by atoms with Gasteiger partial charge in [-0.3, -0.25) is 4.79 Å². The highest BCUT2D eigenvalue weighted by atomic mass is 16.3. The molecule has 1 aromatic carbocycles. The largest absolute Gasteiger partial charge is 0.392 e. The lowest BCUT2D eigenvalue weighted by molar-refractivity contribution is -0.119. The van der Waals surface area contributed by atoms with Gasteiger partial charge in [-0.2, -0.15) is 0 Å². The number of rotatable bonds is 5. The minimum atomic E-state index is -0.221. The Morgan fingerprint density at radius 2 is 2.20 bits per heavy atom. The summed E-state index contributed by atoms with van der Waals surface area (Å²) in [5.41, 5.74) is 1.45. The van der Waals surface area contributed by atoms with E-state index in [0.717, 1.165) is 10.9 Å².